The van der Waals surface area contributed by atoms with Crippen LogP contribution in [0.25, 0.3) is 10.8 Å². The molecule has 0 aliphatic heterocycles. The van der Waals surface area contributed by atoms with Crippen LogP contribution in [0, 0.1) is 0 Å². The molecule has 21 heavy (non-hydrogen) atoms. The number of hydrogen-bond acceptors (Lipinski definition) is 2. The van der Waals surface area contributed by atoms with Crippen LogP contribution in [0.4, 0.5) is 0 Å². The highest BCUT2D eigenvalue weighted by atomic mass is 16.5. The molecule has 0 bridgehead atoms. The summed E-state index contributed by atoms with van der Waals surface area (Å²) in [5, 5.41) is 2.12. The van der Waals surface area contributed by atoms with Crippen molar-refractivity contribution in [1.29, 1.82) is 0 Å². The fourth-order valence-corrected chi connectivity index (χ4v) is 2.44. The number of rotatable bonds is 4. The van der Waals surface area contributed by atoms with Crippen LogP contribution in [-0.2, 0) is 4.79 Å². The first-order chi connectivity index (χ1) is 10.3. The van der Waals surface area contributed by atoms with Gasteiger partial charge in [0.1, 0.15) is 5.75 Å². The van der Waals surface area contributed by atoms with Crippen LogP contribution in [0.1, 0.15) is 18.6 Å². The molecule has 0 saturated heterocycles. The van der Waals surface area contributed by atoms with Gasteiger partial charge in [-0.1, -0.05) is 66.7 Å². The summed E-state index contributed by atoms with van der Waals surface area (Å²) >= 11 is 0. The lowest BCUT2D eigenvalue weighted by Crippen LogP contribution is -2.16. The standard InChI is InChI=1S/C19H16O2/c1-14(20)19(16-9-3-2-4-10-16)21-18-13-7-11-15-8-5-6-12-17(15)18/h2-13,19H,1H3. The van der Waals surface area contributed by atoms with Gasteiger partial charge in [-0.15, -0.1) is 0 Å². The van der Waals surface area contributed by atoms with Gasteiger partial charge in [-0.05, 0) is 23.9 Å². The predicted molar refractivity (Wildman–Crippen MR) is 84.4 cm³/mol. The van der Waals surface area contributed by atoms with Crippen molar-refractivity contribution in [1.82, 2.24) is 0 Å². The molecule has 0 radical (unpaired) electrons. The van der Waals surface area contributed by atoms with Crippen LogP contribution >= 0.6 is 0 Å². The summed E-state index contributed by atoms with van der Waals surface area (Å²) in [6.45, 7) is 1.56. The number of ketones is 1. The van der Waals surface area contributed by atoms with Gasteiger partial charge in [-0.25, -0.2) is 0 Å². The Balaban J connectivity index is 2.01. The topological polar surface area (TPSA) is 26.3 Å². The van der Waals surface area contributed by atoms with E-state index in [1.165, 1.54) is 0 Å². The molecule has 0 aliphatic rings. The first-order valence-electron chi connectivity index (χ1n) is 6.95. The largest absolute Gasteiger partial charge is 0.477 e. The van der Waals surface area contributed by atoms with Crippen LogP contribution in [0.15, 0.2) is 72.8 Å². The van der Waals surface area contributed by atoms with E-state index in [2.05, 4.69) is 0 Å². The minimum absolute atomic E-state index is 0.00543. The van der Waals surface area contributed by atoms with E-state index in [1.807, 2.05) is 72.8 Å². The lowest BCUT2D eigenvalue weighted by Gasteiger charge is -2.18. The SMILES string of the molecule is CC(=O)C(Oc1cccc2ccccc12)c1ccccc1. The van der Waals surface area contributed by atoms with Crippen molar-refractivity contribution in [3.63, 3.8) is 0 Å². The molecule has 1 unspecified atom stereocenters. The second-order valence-electron chi connectivity index (χ2n) is 5.00. The van der Waals surface area contributed by atoms with Crippen molar-refractivity contribution < 1.29 is 9.53 Å². The number of ether oxygens (including phenoxy) is 1. The molecule has 2 heteroatoms. The van der Waals surface area contributed by atoms with Crippen molar-refractivity contribution >= 4 is 16.6 Å². The third-order valence-corrected chi connectivity index (χ3v) is 3.47. The Kier molecular flexibility index (Phi) is 3.69. The van der Waals surface area contributed by atoms with Gasteiger partial charge in [-0.2, -0.15) is 0 Å². The smallest absolute Gasteiger partial charge is 0.181 e. The Morgan fingerprint density at radius 2 is 1.52 bits per heavy atom. The van der Waals surface area contributed by atoms with Crippen molar-refractivity contribution in [2.45, 2.75) is 13.0 Å². The molecule has 104 valence electrons. The van der Waals surface area contributed by atoms with E-state index in [9.17, 15) is 4.79 Å². The van der Waals surface area contributed by atoms with Gasteiger partial charge >= 0.3 is 0 Å². The second kappa shape index (κ2) is 5.80. The number of hydrogen-bond donors (Lipinski definition) is 0. The lowest BCUT2D eigenvalue weighted by molar-refractivity contribution is -0.123. The molecule has 0 spiro atoms. The van der Waals surface area contributed by atoms with Gasteiger partial charge in [0, 0.05) is 5.39 Å². The molecule has 3 aromatic rings. The monoisotopic (exact) mass is 276 g/mol. The Morgan fingerprint density at radius 1 is 0.857 bits per heavy atom. The van der Waals surface area contributed by atoms with E-state index in [-0.39, 0.29) is 5.78 Å². The maximum absolute atomic E-state index is 12.0. The molecule has 0 aromatic heterocycles. The average molecular weight is 276 g/mol. The third-order valence-electron chi connectivity index (χ3n) is 3.47. The molecular weight excluding hydrogens is 260 g/mol. The quantitative estimate of drug-likeness (QED) is 0.699. The van der Waals surface area contributed by atoms with Crippen molar-refractivity contribution in [3.8, 4) is 5.75 Å². The van der Waals surface area contributed by atoms with E-state index < -0.39 is 6.10 Å². The minimum Gasteiger partial charge on any atom is -0.477 e. The fraction of sp³-hybridized carbons (Fsp3) is 0.105. The van der Waals surface area contributed by atoms with Crippen LogP contribution < -0.4 is 4.74 Å². The van der Waals surface area contributed by atoms with Crippen LogP contribution in [0.2, 0.25) is 0 Å². The molecule has 0 aliphatic carbocycles. The van der Waals surface area contributed by atoms with Gasteiger partial charge in [0.25, 0.3) is 0 Å². The van der Waals surface area contributed by atoms with E-state index in [0.29, 0.717) is 0 Å². The lowest BCUT2D eigenvalue weighted by atomic mass is 10.1. The van der Waals surface area contributed by atoms with Gasteiger partial charge in [0.05, 0.1) is 0 Å². The first-order valence-corrected chi connectivity index (χ1v) is 6.95. The molecule has 3 aromatic carbocycles. The molecule has 0 saturated carbocycles. The van der Waals surface area contributed by atoms with E-state index in [4.69, 9.17) is 4.74 Å². The highest BCUT2D eigenvalue weighted by Crippen LogP contribution is 2.30. The Bertz CT molecular complexity index is 757. The normalized spacial score (nSPS) is 12.0. The van der Waals surface area contributed by atoms with Gasteiger partial charge in [-0.3, -0.25) is 4.79 Å². The number of carbonyl (C=O) groups excluding carboxylic acids is 1. The second-order valence-corrected chi connectivity index (χ2v) is 5.00. The molecule has 2 nitrogen and oxygen atoms in total. The third kappa shape index (κ3) is 2.79. The maximum Gasteiger partial charge on any atom is 0.181 e. The summed E-state index contributed by atoms with van der Waals surface area (Å²) in [5.41, 5.74) is 0.873. The van der Waals surface area contributed by atoms with Crippen LogP contribution in [-0.4, -0.2) is 5.78 Å². The number of fused-ring (bicyclic) bond motifs is 1. The van der Waals surface area contributed by atoms with Gasteiger partial charge in [0.15, 0.2) is 11.9 Å². The number of Topliss-reactive ketones (excluding diaryl/α,β-unsaturated/α-hetero) is 1. The predicted octanol–water partition coefficient (Wildman–Crippen LogP) is 4.55. The van der Waals surface area contributed by atoms with E-state index >= 15 is 0 Å². The summed E-state index contributed by atoms with van der Waals surface area (Å²) in [4.78, 5) is 12.0. The van der Waals surface area contributed by atoms with Crippen molar-refractivity contribution in [2.75, 3.05) is 0 Å². The number of carbonyl (C=O) groups is 1. The molecular formula is C19H16O2. The molecule has 0 amide bonds. The Morgan fingerprint density at radius 3 is 2.29 bits per heavy atom. The zero-order valence-corrected chi connectivity index (χ0v) is 11.8. The summed E-state index contributed by atoms with van der Waals surface area (Å²) < 4.78 is 6.03. The summed E-state index contributed by atoms with van der Waals surface area (Å²) in [6, 6.07) is 23.5. The summed E-state index contributed by atoms with van der Waals surface area (Å²) in [7, 11) is 0. The highest BCUT2D eigenvalue weighted by Gasteiger charge is 2.19. The first kappa shape index (κ1) is 13.4. The highest BCUT2D eigenvalue weighted by molar-refractivity contribution is 5.89. The zero-order chi connectivity index (χ0) is 14.7. The van der Waals surface area contributed by atoms with E-state index in [1.54, 1.807) is 6.92 Å². The Hall–Kier alpha value is -2.61. The van der Waals surface area contributed by atoms with Crippen LogP contribution in [0.3, 0.4) is 0 Å². The Labute approximate surface area is 124 Å². The van der Waals surface area contributed by atoms with Crippen molar-refractivity contribution in [2.24, 2.45) is 0 Å². The minimum atomic E-state index is -0.572. The fourth-order valence-electron chi connectivity index (χ4n) is 2.44. The van der Waals surface area contributed by atoms with Gasteiger partial charge < -0.3 is 4.74 Å². The summed E-state index contributed by atoms with van der Waals surface area (Å²) in [5.74, 6) is 0.728. The zero-order valence-electron chi connectivity index (χ0n) is 11.8. The van der Waals surface area contributed by atoms with Crippen LogP contribution in [0.5, 0.6) is 5.75 Å². The molecule has 1 atom stereocenters. The average Bonchev–Trinajstić information content (AvgIpc) is 2.53. The molecule has 0 heterocycles. The van der Waals surface area contributed by atoms with Crippen molar-refractivity contribution in [3.05, 3.63) is 78.4 Å². The molecule has 0 fully saturated rings. The molecule has 3 rings (SSSR count). The van der Waals surface area contributed by atoms with E-state index in [0.717, 1.165) is 22.1 Å². The molecule has 0 N–H and O–H groups in total. The summed E-state index contributed by atoms with van der Waals surface area (Å²) in [6.07, 6.45) is -0.572. The maximum atomic E-state index is 12.0. The number of benzene rings is 3. The van der Waals surface area contributed by atoms with Gasteiger partial charge in [0.2, 0.25) is 0 Å².